The topological polar surface area (TPSA) is 101 Å². The normalized spacial score (nSPS) is 10.1. The highest BCUT2D eigenvalue weighted by molar-refractivity contribution is 9.10. The predicted molar refractivity (Wildman–Crippen MR) is 89.3 cm³/mol. The Balaban J connectivity index is 1.82. The number of nitro groups is 1. The molecule has 1 heterocycles. The number of amides is 2. The van der Waals surface area contributed by atoms with Crippen molar-refractivity contribution in [1.29, 1.82) is 0 Å². The molecule has 0 fully saturated rings. The quantitative estimate of drug-likeness (QED) is 0.577. The van der Waals surface area contributed by atoms with Gasteiger partial charge < -0.3 is 10.6 Å². The van der Waals surface area contributed by atoms with Gasteiger partial charge in [-0.05, 0) is 28.1 Å². The van der Waals surface area contributed by atoms with E-state index in [-0.39, 0.29) is 23.7 Å². The Bertz CT molecular complexity index is 747. The molecule has 120 valence electrons. The molecule has 0 saturated carbocycles. The lowest BCUT2D eigenvalue weighted by Crippen LogP contribution is -2.36. The van der Waals surface area contributed by atoms with E-state index in [9.17, 15) is 19.7 Å². The number of hydrogen-bond acceptors (Lipinski definition) is 5. The fourth-order valence-electron chi connectivity index (χ4n) is 1.72. The third-order valence-electron chi connectivity index (χ3n) is 2.81. The highest BCUT2D eigenvalue weighted by Crippen LogP contribution is 2.19. The molecule has 2 rings (SSSR count). The number of nitrogens with one attached hydrogen (secondary N) is 2. The molecule has 0 bridgehead atoms. The number of non-ortho nitro benzene ring substituents is 1. The van der Waals surface area contributed by atoms with Crippen molar-refractivity contribution in [3.63, 3.8) is 0 Å². The van der Waals surface area contributed by atoms with E-state index in [1.54, 1.807) is 0 Å². The number of carbonyl (C=O) groups excluding carboxylic acids is 2. The van der Waals surface area contributed by atoms with Gasteiger partial charge in [-0.3, -0.25) is 19.7 Å². The highest BCUT2D eigenvalue weighted by Gasteiger charge is 2.12. The molecule has 0 radical (unpaired) electrons. The summed E-state index contributed by atoms with van der Waals surface area (Å²) in [6, 6.07) is 7.22. The van der Waals surface area contributed by atoms with Crippen LogP contribution in [0.2, 0.25) is 0 Å². The summed E-state index contributed by atoms with van der Waals surface area (Å²) in [6.45, 7) is 0.176. The van der Waals surface area contributed by atoms with Crippen LogP contribution in [0, 0.1) is 10.1 Å². The van der Waals surface area contributed by atoms with Crippen LogP contribution in [0.15, 0.2) is 40.2 Å². The second-order valence-corrected chi connectivity index (χ2v) is 6.41. The van der Waals surface area contributed by atoms with Gasteiger partial charge in [0.25, 0.3) is 11.6 Å². The lowest BCUT2D eigenvalue weighted by atomic mass is 10.2. The van der Waals surface area contributed by atoms with Crippen molar-refractivity contribution in [2.75, 3.05) is 6.54 Å². The van der Waals surface area contributed by atoms with Gasteiger partial charge in [0, 0.05) is 32.4 Å². The first kappa shape index (κ1) is 17.1. The summed E-state index contributed by atoms with van der Waals surface area (Å²) >= 11 is 4.83. The maximum absolute atomic E-state index is 11.9. The van der Waals surface area contributed by atoms with E-state index in [2.05, 4.69) is 26.6 Å². The summed E-state index contributed by atoms with van der Waals surface area (Å²) < 4.78 is 0.950. The van der Waals surface area contributed by atoms with Crippen molar-refractivity contribution in [2.45, 2.75) is 6.54 Å². The molecule has 0 unspecified atom stereocenters. The first-order valence-electron chi connectivity index (χ1n) is 6.48. The van der Waals surface area contributed by atoms with Gasteiger partial charge >= 0.3 is 0 Å². The van der Waals surface area contributed by atoms with Gasteiger partial charge in [-0.1, -0.05) is 6.07 Å². The fourth-order valence-corrected chi connectivity index (χ4v) is 3.11. The third-order valence-corrected chi connectivity index (χ3v) is 4.51. The molecule has 2 amide bonds. The summed E-state index contributed by atoms with van der Waals surface area (Å²) in [5.74, 6) is -0.879. The van der Waals surface area contributed by atoms with Crippen molar-refractivity contribution in [3.05, 3.63) is 60.7 Å². The summed E-state index contributed by atoms with van der Waals surface area (Å²) in [5.41, 5.74) is -0.0421. The Kier molecular flexibility index (Phi) is 5.83. The molecule has 9 heteroatoms. The second-order valence-electron chi connectivity index (χ2n) is 4.50. The van der Waals surface area contributed by atoms with E-state index >= 15 is 0 Å². The van der Waals surface area contributed by atoms with E-state index in [0.29, 0.717) is 6.54 Å². The van der Waals surface area contributed by atoms with Crippen LogP contribution in [0.5, 0.6) is 0 Å². The summed E-state index contributed by atoms with van der Waals surface area (Å²) in [6.07, 6.45) is 0. The molecular weight excluding hydrogens is 386 g/mol. The molecular formula is C14H12BrN3O4S. The molecule has 0 aliphatic heterocycles. The van der Waals surface area contributed by atoms with Gasteiger partial charge in [0.05, 0.1) is 18.0 Å². The molecule has 23 heavy (non-hydrogen) atoms. The molecule has 0 saturated heterocycles. The fraction of sp³-hybridized carbons (Fsp3) is 0.143. The van der Waals surface area contributed by atoms with Crippen LogP contribution in [-0.2, 0) is 11.3 Å². The van der Waals surface area contributed by atoms with Crippen molar-refractivity contribution < 1.29 is 14.5 Å². The molecule has 2 N–H and O–H groups in total. The minimum absolute atomic E-state index is 0.134. The first-order chi connectivity index (χ1) is 11.0. The lowest BCUT2D eigenvalue weighted by Gasteiger charge is -2.06. The van der Waals surface area contributed by atoms with E-state index in [4.69, 9.17) is 0 Å². The molecule has 0 spiro atoms. The Morgan fingerprint density at radius 1 is 1.26 bits per heavy atom. The molecule has 0 atom stereocenters. The van der Waals surface area contributed by atoms with Crippen LogP contribution >= 0.6 is 27.3 Å². The number of hydrogen-bond donors (Lipinski definition) is 2. The number of halogens is 1. The van der Waals surface area contributed by atoms with Crippen molar-refractivity contribution in [1.82, 2.24) is 10.6 Å². The number of benzene rings is 1. The predicted octanol–water partition coefficient (Wildman–Crippen LogP) is 2.47. The van der Waals surface area contributed by atoms with Crippen LogP contribution in [0.4, 0.5) is 5.69 Å². The molecule has 1 aromatic carbocycles. The lowest BCUT2D eigenvalue weighted by molar-refractivity contribution is -0.384. The van der Waals surface area contributed by atoms with Gasteiger partial charge in [0.1, 0.15) is 0 Å². The van der Waals surface area contributed by atoms with Crippen LogP contribution in [-0.4, -0.2) is 23.3 Å². The zero-order chi connectivity index (χ0) is 16.8. The number of carbonyl (C=O) groups is 2. The maximum Gasteiger partial charge on any atom is 0.270 e. The Morgan fingerprint density at radius 2 is 2.04 bits per heavy atom. The highest BCUT2D eigenvalue weighted by atomic mass is 79.9. The number of thiophene rings is 1. The zero-order valence-corrected chi connectivity index (χ0v) is 14.1. The van der Waals surface area contributed by atoms with E-state index in [1.165, 1.54) is 29.5 Å². The van der Waals surface area contributed by atoms with Gasteiger partial charge in [-0.2, -0.15) is 0 Å². The Labute approximate surface area is 144 Å². The standard InChI is InChI=1S/C14H12BrN3O4S/c15-10-5-12(23-8-10)6-16-13(19)7-17-14(20)9-2-1-3-11(4-9)18(21)22/h1-5,8H,6-7H2,(H,16,19)(H,17,20). The van der Waals surface area contributed by atoms with E-state index in [0.717, 1.165) is 15.4 Å². The van der Waals surface area contributed by atoms with Gasteiger partial charge in [0.2, 0.25) is 5.91 Å². The van der Waals surface area contributed by atoms with Crippen molar-refractivity contribution in [3.8, 4) is 0 Å². The van der Waals surface area contributed by atoms with Crippen LogP contribution in [0.3, 0.4) is 0 Å². The first-order valence-corrected chi connectivity index (χ1v) is 8.15. The number of rotatable bonds is 6. The van der Waals surface area contributed by atoms with Crippen molar-refractivity contribution >= 4 is 44.8 Å². The van der Waals surface area contributed by atoms with Gasteiger partial charge in [0.15, 0.2) is 0 Å². The molecule has 0 aliphatic rings. The van der Waals surface area contributed by atoms with Crippen LogP contribution in [0.1, 0.15) is 15.2 Å². The van der Waals surface area contributed by atoms with Gasteiger partial charge in [-0.15, -0.1) is 11.3 Å². The van der Waals surface area contributed by atoms with E-state index < -0.39 is 10.8 Å². The summed E-state index contributed by atoms with van der Waals surface area (Å²) in [4.78, 5) is 34.6. The van der Waals surface area contributed by atoms with Gasteiger partial charge in [-0.25, -0.2) is 0 Å². The Hall–Kier alpha value is -2.26. The average molecular weight is 398 g/mol. The molecule has 2 aromatic rings. The maximum atomic E-state index is 11.9. The summed E-state index contributed by atoms with van der Waals surface area (Å²) in [7, 11) is 0. The monoisotopic (exact) mass is 397 g/mol. The Morgan fingerprint density at radius 3 is 2.70 bits per heavy atom. The summed E-state index contributed by atoms with van der Waals surface area (Å²) in [5, 5.41) is 17.7. The zero-order valence-electron chi connectivity index (χ0n) is 11.7. The van der Waals surface area contributed by atoms with Crippen LogP contribution < -0.4 is 10.6 Å². The molecule has 0 aliphatic carbocycles. The molecule has 7 nitrogen and oxygen atoms in total. The third kappa shape index (κ3) is 5.15. The van der Waals surface area contributed by atoms with Crippen molar-refractivity contribution in [2.24, 2.45) is 0 Å². The smallest absolute Gasteiger partial charge is 0.270 e. The number of nitro benzene ring substituents is 1. The number of nitrogens with zero attached hydrogens (tertiary/aromatic N) is 1. The SMILES string of the molecule is O=C(CNC(=O)c1cccc([N+](=O)[O-])c1)NCc1cc(Br)cs1. The minimum Gasteiger partial charge on any atom is -0.350 e. The average Bonchev–Trinajstić information content (AvgIpc) is 2.96. The largest absolute Gasteiger partial charge is 0.350 e. The second kappa shape index (κ2) is 7.84. The minimum atomic E-state index is -0.581. The molecule has 1 aromatic heterocycles. The van der Waals surface area contributed by atoms with Crippen LogP contribution in [0.25, 0.3) is 0 Å². The van der Waals surface area contributed by atoms with E-state index in [1.807, 2.05) is 11.4 Å².